The van der Waals surface area contributed by atoms with E-state index in [1.807, 2.05) is 38.1 Å². The van der Waals surface area contributed by atoms with Gasteiger partial charge in [0.05, 0.1) is 0 Å². The fraction of sp³-hybridized carbons (Fsp3) is 0.273. The van der Waals surface area contributed by atoms with E-state index in [-0.39, 0.29) is 6.04 Å². The van der Waals surface area contributed by atoms with Gasteiger partial charge in [-0.1, -0.05) is 43.5 Å². The molecule has 0 aliphatic rings. The molecule has 1 nitrogen and oxygen atoms in total. The van der Waals surface area contributed by atoms with Gasteiger partial charge in [-0.05, 0) is 37.6 Å². The number of benzene rings is 1. The van der Waals surface area contributed by atoms with Crippen LogP contribution in [0.3, 0.4) is 0 Å². The molecule has 1 rings (SSSR count). The highest BCUT2D eigenvalue weighted by molar-refractivity contribution is 9.11. The Hall–Kier alpha value is -0.120. The molecule has 0 bridgehead atoms. The Bertz CT molecular complexity index is 334. The molecule has 76 valence electrons. The van der Waals surface area contributed by atoms with Gasteiger partial charge in [-0.3, -0.25) is 0 Å². The zero-order chi connectivity index (χ0) is 10.7. The lowest BCUT2D eigenvalue weighted by Gasteiger charge is -2.09. The lowest BCUT2D eigenvalue weighted by Crippen LogP contribution is -2.07. The summed E-state index contributed by atoms with van der Waals surface area (Å²) in [5, 5.41) is 0. The molecule has 0 aromatic heterocycles. The summed E-state index contributed by atoms with van der Waals surface area (Å²) in [7, 11) is 0. The highest BCUT2D eigenvalue weighted by Crippen LogP contribution is 2.24. The first kappa shape index (κ1) is 12.0. The summed E-state index contributed by atoms with van der Waals surface area (Å²) in [6, 6.07) is 6.04. The van der Waals surface area contributed by atoms with Crippen LogP contribution in [0.5, 0.6) is 0 Å². The van der Waals surface area contributed by atoms with Crippen LogP contribution in [0.4, 0.5) is 0 Å². The summed E-state index contributed by atoms with van der Waals surface area (Å²) in [5.41, 5.74) is 8.35. The van der Waals surface area contributed by atoms with Crippen molar-refractivity contribution in [3.05, 3.63) is 44.4 Å². The van der Waals surface area contributed by atoms with Gasteiger partial charge in [-0.15, -0.1) is 0 Å². The summed E-state index contributed by atoms with van der Waals surface area (Å²) in [5.74, 6) is 0. The van der Waals surface area contributed by atoms with Gasteiger partial charge >= 0.3 is 0 Å². The molecule has 1 aromatic carbocycles. The molecule has 0 saturated carbocycles. The molecule has 1 unspecified atom stereocenters. The van der Waals surface area contributed by atoms with E-state index in [4.69, 9.17) is 5.73 Å². The minimum atomic E-state index is -0.0335. The van der Waals surface area contributed by atoms with E-state index in [0.29, 0.717) is 0 Å². The predicted molar refractivity (Wildman–Crippen MR) is 68.2 cm³/mol. The molecule has 0 radical (unpaired) electrons. The Morgan fingerprint density at radius 3 is 2.14 bits per heavy atom. The van der Waals surface area contributed by atoms with Gasteiger partial charge in [-0.25, -0.2) is 0 Å². The number of hydrogen-bond acceptors (Lipinski definition) is 1. The van der Waals surface area contributed by atoms with Crippen LogP contribution in [0.2, 0.25) is 0 Å². The van der Waals surface area contributed by atoms with Crippen molar-refractivity contribution < 1.29 is 0 Å². The first-order chi connectivity index (χ1) is 6.49. The zero-order valence-electron chi connectivity index (χ0n) is 8.22. The molecule has 0 spiro atoms. The molecule has 14 heavy (non-hydrogen) atoms. The van der Waals surface area contributed by atoms with Crippen molar-refractivity contribution in [3.63, 3.8) is 0 Å². The fourth-order valence-electron chi connectivity index (χ4n) is 1.22. The maximum Gasteiger partial charge on any atom is 0.0484 e. The topological polar surface area (TPSA) is 26.0 Å². The third-order valence-corrected chi connectivity index (χ3v) is 2.70. The lowest BCUT2D eigenvalue weighted by atomic mass is 10.1. The van der Waals surface area contributed by atoms with Crippen LogP contribution in [0, 0.1) is 0 Å². The summed E-state index contributed by atoms with van der Waals surface area (Å²) < 4.78 is 2.08. The Balaban J connectivity index is 3.01. The van der Waals surface area contributed by atoms with Gasteiger partial charge < -0.3 is 5.73 Å². The summed E-state index contributed by atoms with van der Waals surface area (Å²) in [4.78, 5) is 0. The largest absolute Gasteiger partial charge is 0.321 e. The Kier molecular flexibility index (Phi) is 4.35. The van der Waals surface area contributed by atoms with E-state index in [1.165, 1.54) is 5.57 Å². The Labute approximate surface area is 102 Å². The highest BCUT2D eigenvalue weighted by atomic mass is 79.9. The van der Waals surface area contributed by atoms with E-state index in [1.54, 1.807) is 0 Å². The van der Waals surface area contributed by atoms with Crippen LogP contribution < -0.4 is 5.73 Å². The molecule has 0 amide bonds. The van der Waals surface area contributed by atoms with Crippen LogP contribution >= 0.6 is 31.9 Å². The highest BCUT2D eigenvalue weighted by Gasteiger charge is 2.04. The Morgan fingerprint density at radius 1 is 1.21 bits per heavy atom. The second kappa shape index (κ2) is 5.10. The zero-order valence-corrected chi connectivity index (χ0v) is 11.4. The van der Waals surface area contributed by atoms with Crippen LogP contribution in [0.1, 0.15) is 25.5 Å². The molecule has 3 heteroatoms. The number of nitrogens with two attached hydrogens (primary N) is 1. The van der Waals surface area contributed by atoms with Crippen LogP contribution in [0.25, 0.3) is 0 Å². The fourth-order valence-corrected chi connectivity index (χ4v) is 2.55. The van der Waals surface area contributed by atoms with Gasteiger partial charge in [-0.2, -0.15) is 0 Å². The minimum Gasteiger partial charge on any atom is -0.321 e. The number of rotatable bonds is 2. The van der Waals surface area contributed by atoms with Gasteiger partial charge in [0.15, 0.2) is 0 Å². The molecule has 0 heterocycles. The number of halogens is 2. The second-order valence-corrected chi connectivity index (χ2v) is 5.30. The molecular weight excluding hydrogens is 306 g/mol. The van der Waals surface area contributed by atoms with Crippen molar-refractivity contribution in [2.45, 2.75) is 19.9 Å². The summed E-state index contributed by atoms with van der Waals surface area (Å²) >= 11 is 6.88. The SMILES string of the molecule is CC(C)=CC(N)c1cc(Br)cc(Br)c1. The van der Waals surface area contributed by atoms with Crippen molar-refractivity contribution in [2.24, 2.45) is 5.73 Å². The standard InChI is InChI=1S/C11H13Br2N/c1-7(2)3-11(14)8-4-9(12)6-10(13)5-8/h3-6,11H,14H2,1-2H3. The van der Waals surface area contributed by atoms with E-state index in [2.05, 4.69) is 31.9 Å². The van der Waals surface area contributed by atoms with Gasteiger partial charge in [0.25, 0.3) is 0 Å². The van der Waals surface area contributed by atoms with Crippen LogP contribution in [0.15, 0.2) is 38.8 Å². The maximum absolute atomic E-state index is 6.02. The van der Waals surface area contributed by atoms with Crippen molar-refractivity contribution in [1.29, 1.82) is 0 Å². The lowest BCUT2D eigenvalue weighted by molar-refractivity contribution is 0.897. The smallest absolute Gasteiger partial charge is 0.0484 e. The quantitative estimate of drug-likeness (QED) is 0.813. The minimum absolute atomic E-state index is 0.0335. The van der Waals surface area contributed by atoms with Crippen molar-refractivity contribution >= 4 is 31.9 Å². The molecule has 0 fully saturated rings. The van der Waals surface area contributed by atoms with Gasteiger partial charge in [0.1, 0.15) is 0 Å². The van der Waals surface area contributed by atoms with E-state index in [9.17, 15) is 0 Å². The third kappa shape index (κ3) is 3.56. The third-order valence-electron chi connectivity index (χ3n) is 1.78. The van der Waals surface area contributed by atoms with Crippen LogP contribution in [-0.4, -0.2) is 0 Å². The maximum atomic E-state index is 6.02. The summed E-state index contributed by atoms with van der Waals surface area (Å²) in [6.45, 7) is 4.10. The number of allylic oxidation sites excluding steroid dienone is 1. The predicted octanol–water partition coefficient (Wildman–Crippen LogP) is 4.18. The molecule has 2 N–H and O–H groups in total. The molecule has 0 aliphatic heterocycles. The molecule has 0 saturated heterocycles. The first-order valence-corrected chi connectivity index (χ1v) is 5.94. The first-order valence-electron chi connectivity index (χ1n) is 4.35. The van der Waals surface area contributed by atoms with E-state index in [0.717, 1.165) is 14.5 Å². The molecule has 0 aliphatic carbocycles. The molecular formula is C11H13Br2N. The van der Waals surface area contributed by atoms with Crippen molar-refractivity contribution in [3.8, 4) is 0 Å². The van der Waals surface area contributed by atoms with E-state index >= 15 is 0 Å². The number of hydrogen-bond donors (Lipinski definition) is 1. The van der Waals surface area contributed by atoms with Crippen LogP contribution in [-0.2, 0) is 0 Å². The van der Waals surface area contributed by atoms with Crippen molar-refractivity contribution in [2.75, 3.05) is 0 Å². The summed E-state index contributed by atoms with van der Waals surface area (Å²) in [6.07, 6.45) is 2.05. The van der Waals surface area contributed by atoms with Gasteiger partial charge in [0.2, 0.25) is 0 Å². The Morgan fingerprint density at radius 2 is 1.71 bits per heavy atom. The molecule has 1 atom stereocenters. The van der Waals surface area contributed by atoms with Gasteiger partial charge in [0, 0.05) is 15.0 Å². The van der Waals surface area contributed by atoms with E-state index < -0.39 is 0 Å². The second-order valence-electron chi connectivity index (χ2n) is 3.47. The van der Waals surface area contributed by atoms with Crippen molar-refractivity contribution in [1.82, 2.24) is 0 Å². The normalized spacial score (nSPS) is 12.4. The monoisotopic (exact) mass is 317 g/mol. The average molecular weight is 319 g/mol. The average Bonchev–Trinajstić information content (AvgIpc) is 2.00. The molecule has 1 aromatic rings.